The highest BCUT2D eigenvalue weighted by Gasteiger charge is 2.22. The summed E-state index contributed by atoms with van der Waals surface area (Å²) in [4.78, 5) is 9.44. The fourth-order valence-corrected chi connectivity index (χ4v) is 3.94. The SMILES string of the molecule is Fc1cccc(C2=NC=CC2Cc2nc3ccccc3n2Cc2ccccc2)c1. The normalized spacial score (nSPS) is 15.8. The maximum Gasteiger partial charge on any atom is 0.123 e. The molecule has 0 N–H and O–H groups in total. The summed E-state index contributed by atoms with van der Waals surface area (Å²) in [5, 5.41) is 0. The van der Waals surface area contributed by atoms with Gasteiger partial charge in [-0.25, -0.2) is 9.37 Å². The topological polar surface area (TPSA) is 30.2 Å². The van der Waals surface area contributed by atoms with Gasteiger partial charge >= 0.3 is 0 Å². The summed E-state index contributed by atoms with van der Waals surface area (Å²) < 4.78 is 16.0. The van der Waals surface area contributed by atoms with Crippen molar-refractivity contribution in [1.29, 1.82) is 0 Å². The number of hydrogen-bond donors (Lipinski definition) is 0. The third-order valence-electron chi connectivity index (χ3n) is 5.32. The predicted molar refractivity (Wildman–Crippen MR) is 115 cm³/mol. The van der Waals surface area contributed by atoms with E-state index in [0.29, 0.717) is 6.42 Å². The average molecular weight is 381 g/mol. The molecule has 5 rings (SSSR count). The molecule has 1 unspecified atom stereocenters. The average Bonchev–Trinajstić information content (AvgIpc) is 3.34. The molecule has 1 aliphatic heterocycles. The number of fused-ring (bicyclic) bond motifs is 1. The van der Waals surface area contributed by atoms with Crippen molar-refractivity contribution in [2.75, 3.05) is 0 Å². The molecule has 1 aliphatic rings. The lowest BCUT2D eigenvalue weighted by Crippen LogP contribution is -2.17. The molecule has 0 saturated carbocycles. The van der Waals surface area contributed by atoms with Crippen molar-refractivity contribution in [3.05, 3.63) is 114 Å². The van der Waals surface area contributed by atoms with Crippen molar-refractivity contribution in [2.24, 2.45) is 10.9 Å². The van der Waals surface area contributed by atoms with E-state index in [-0.39, 0.29) is 11.7 Å². The smallest absolute Gasteiger partial charge is 0.123 e. The molecule has 0 saturated heterocycles. The first-order valence-electron chi connectivity index (χ1n) is 9.76. The quantitative estimate of drug-likeness (QED) is 0.455. The number of aromatic nitrogens is 2. The Morgan fingerprint density at radius 1 is 0.897 bits per heavy atom. The molecule has 4 aromatic rings. The van der Waals surface area contributed by atoms with Gasteiger partial charge in [-0.1, -0.05) is 60.7 Å². The molecular weight excluding hydrogens is 361 g/mol. The van der Waals surface area contributed by atoms with Gasteiger partial charge in [0.05, 0.1) is 16.7 Å². The minimum Gasteiger partial charge on any atom is -0.323 e. The van der Waals surface area contributed by atoms with Gasteiger partial charge in [0.1, 0.15) is 11.6 Å². The molecule has 4 heteroatoms. The van der Waals surface area contributed by atoms with Crippen LogP contribution in [0.5, 0.6) is 0 Å². The van der Waals surface area contributed by atoms with Crippen LogP contribution in [-0.2, 0) is 13.0 Å². The van der Waals surface area contributed by atoms with Crippen LogP contribution >= 0.6 is 0 Å². The molecule has 142 valence electrons. The molecular formula is C25H20FN3. The van der Waals surface area contributed by atoms with Crippen LogP contribution in [0, 0.1) is 11.7 Å². The monoisotopic (exact) mass is 381 g/mol. The zero-order valence-electron chi connectivity index (χ0n) is 15.9. The van der Waals surface area contributed by atoms with Crippen LogP contribution in [0.4, 0.5) is 4.39 Å². The lowest BCUT2D eigenvalue weighted by molar-refractivity contribution is 0.627. The highest BCUT2D eigenvalue weighted by Crippen LogP contribution is 2.25. The Kier molecular flexibility index (Phi) is 4.53. The van der Waals surface area contributed by atoms with Crippen LogP contribution in [0.2, 0.25) is 0 Å². The summed E-state index contributed by atoms with van der Waals surface area (Å²) in [7, 11) is 0. The summed E-state index contributed by atoms with van der Waals surface area (Å²) in [5.41, 5.74) is 5.06. The van der Waals surface area contributed by atoms with Crippen molar-refractivity contribution in [1.82, 2.24) is 9.55 Å². The van der Waals surface area contributed by atoms with Gasteiger partial charge in [0, 0.05) is 25.1 Å². The first-order chi connectivity index (χ1) is 14.3. The van der Waals surface area contributed by atoms with Crippen molar-refractivity contribution in [2.45, 2.75) is 13.0 Å². The molecule has 0 bridgehead atoms. The minimum absolute atomic E-state index is 0.0723. The molecule has 0 aliphatic carbocycles. The second kappa shape index (κ2) is 7.47. The van der Waals surface area contributed by atoms with E-state index in [9.17, 15) is 4.39 Å². The summed E-state index contributed by atoms with van der Waals surface area (Å²) in [6, 6.07) is 25.3. The second-order valence-corrected chi connectivity index (χ2v) is 7.27. The first kappa shape index (κ1) is 17.6. The summed E-state index contributed by atoms with van der Waals surface area (Å²) in [6.45, 7) is 0.763. The number of halogens is 1. The molecule has 0 fully saturated rings. The Morgan fingerprint density at radius 3 is 2.59 bits per heavy atom. The molecule has 1 aromatic heterocycles. The van der Waals surface area contributed by atoms with Gasteiger partial charge in [0.25, 0.3) is 0 Å². The van der Waals surface area contributed by atoms with E-state index in [2.05, 4.69) is 46.0 Å². The van der Waals surface area contributed by atoms with E-state index in [1.807, 2.05) is 36.5 Å². The summed E-state index contributed by atoms with van der Waals surface area (Å²) in [6.07, 6.45) is 4.61. The lowest BCUT2D eigenvalue weighted by atomic mass is 9.94. The van der Waals surface area contributed by atoms with E-state index in [1.165, 1.54) is 11.6 Å². The van der Waals surface area contributed by atoms with E-state index in [4.69, 9.17) is 4.98 Å². The van der Waals surface area contributed by atoms with Crippen LogP contribution in [0.3, 0.4) is 0 Å². The molecule has 0 spiro atoms. The van der Waals surface area contributed by atoms with Crippen molar-refractivity contribution in [3.63, 3.8) is 0 Å². The number of benzene rings is 3. The van der Waals surface area contributed by atoms with Gasteiger partial charge in [0.2, 0.25) is 0 Å². The van der Waals surface area contributed by atoms with Gasteiger partial charge < -0.3 is 4.57 Å². The van der Waals surface area contributed by atoms with Crippen LogP contribution in [0.15, 0.2) is 96.1 Å². The molecule has 29 heavy (non-hydrogen) atoms. The highest BCUT2D eigenvalue weighted by atomic mass is 19.1. The molecule has 1 atom stereocenters. The zero-order valence-corrected chi connectivity index (χ0v) is 15.9. The number of rotatable bonds is 5. The maximum absolute atomic E-state index is 13.7. The van der Waals surface area contributed by atoms with Crippen molar-refractivity contribution in [3.8, 4) is 0 Å². The third-order valence-corrected chi connectivity index (χ3v) is 5.32. The summed E-state index contributed by atoms with van der Waals surface area (Å²) in [5.74, 6) is 0.839. The van der Waals surface area contributed by atoms with Crippen LogP contribution in [0.1, 0.15) is 17.0 Å². The predicted octanol–water partition coefficient (Wildman–Crippen LogP) is 5.40. The standard InChI is InChI=1S/C25H20FN3/c26-21-10-6-9-19(15-21)25-20(13-14-27-25)16-24-28-22-11-4-5-12-23(22)29(24)17-18-7-2-1-3-8-18/h1-15,20H,16-17H2. The van der Waals surface area contributed by atoms with Crippen LogP contribution in [-0.4, -0.2) is 15.3 Å². The van der Waals surface area contributed by atoms with Gasteiger partial charge in [-0.2, -0.15) is 0 Å². The van der Waals surface area contributed by atoms with E-state index in [0.717, 1.165) is 34.7 Å². The van der Waals surface area contributed by atoms with Crippen LogP contribution < -0.4 is 0 Å². The molecule has 0 amide bonds. The molecule has 3 nitrogen and oxygen atoms in total. The maximum atomic E-state index is 13.7. The fourth-order valence-electron chi connectivity index (χ4n) is 3.94. The van der Waals surface area contributed by atoms with Crippen molar-refractivity contribution >= 4 is 16.7 Å². The summed E-state index contributed by atoms with van der Waals surface area (Å²) >= 11 is 0. The number of para-hydroxylation sites is 2. The first-order valence-corrected chi connectivity index (χ1v) is 9.76. The zero-order chi connectivity index (χ0) is 19.6. The molecule has 3 aromatic carbocycles. The number of imidazole rings is 1. The molecule has 2 heterocycles. The molecule has 0 radical (unpaired) electrons. The van der Waals surface area contributed by atoms with Crippen molar-refractivity contribution < 1.29 is 4.39 Å². The van der Waals surface area contributed by atoms with E-state index < -0.39 is 0 Å². The Morgan fingerprint density at radius 2 is 1.72 bits per heavy atom. The van der Waals surface area contributed by atoms with Crippen LogP contribution in [0.25, 0.3) is 11.0 Å². The van der Waals surface area contributed by atoms with Gasteiger partial charge in [-0.05, 0) is 35.4 Å². The third kappa shape index (κ3) is 3.49. The Labute approximate surface area is 168 Å². The number of allylic oxidation sites excluding steroid dienone is 1. The minimum atomic E-state index is -0.243. The number of hydrogen-bond acceptors (Lipinski definition) is 2. The highest BCUT2D eigenvalue weighted by molar-refractivity contribution is 6.05. The Bertz CT molecular complexity index is 1220. The van der Waals surface area contributed by atoms with E-state index >= 15 is 0 Å². The second-order valence-electron chi connectivity index (χ2n) is 7.27. The Hall–Kier alpha value is -3.53. The largest absolute Gasteiger partial charge is 0.323 e. The van der Waals surface area contributed by atoms with Gasteiger partial charge in [-0.15, -0.1) is 0 Å². The van der Waals surface area contributed by atoms with E-state index in [1.54, 1.807) is 12.1 Å². The number of nitrogens with zero attached hydrogens (tertiary/aromatic N) is 3. The van der Waals surface area contributed by atoms with Gasteiger partial charge in [-0.3, -0.25) is 4.99 Å². The fraction of sp³-hybridized carbons (Fsp3) is 0.120. The van der Waals surface area contributed by atoms with Gasteiger partial charge in [0.15, 0.2) is 0 Å². The number of aliphatic imine (C=N–C) groups is 1. The lowest BCUT2D eigenvalue weighted by Gasteiger charge is -2.15. The Balaban J connectivity index is 1.51.